The molecule has 2 rings (SSSR count). The first-order chi connectivity index (χ1) is 5.74. The van der Waals surface area contributed by atoms with Gasteiger partial charge in [0.15, 0.2) is 0 Å². The van der Waals surface area contributed by atoms with Crippen LogP contribution in [0.2, 0.25) is 0 Å². The largest absolute Gasteiger partial charge is 0.392 e. The van der Waals surface area contributed by atoms with Crippen LogP contribution in [0.3, 0.4) is 0 Å². The van der Waals surface area contributed by atoms with Gasteiger partial charge in [-0.3, -0.25) is 4.68 Å². The summed E-state index contributed by atoms with van der Waals surface area (Å²) in [5.74, 6) is 0. The minimum atomic E-state index is 0.115. The summed E-state index contributed by atoms with van der Waals surface area (Å²) in [5.41, 5.74) is 3.11. The maximum Gasteiger partial charge on any atom is 0.0718 e. The Balaban J connectivity index is 2.42. The van der Waals surface area contributed by atoms with Crippen LogP contribution in [0, 0.1) is 13.8 Å². The van der Waals surface area contributed by atoms with E-state index in [1.165, 1.54) is 12.8 Å². The molecule has 1 fully saturated rings. The van der Waals surface area contributed by atoms with Gasteiger partial charge in [-0.1, -0.05) is 0 Å². The lowest BCUT2D eigenvalue weighted by Crippen LogP contribution is -1.99. The molecule has 1 saturated carbocycles. The number of aryl methyl sites for hydroxylation is 1. The molecule has 0 aromatic carbocycles. The number of rotatable bonds is 2. The van der Waals surface area contributed by atoms with E-state index in [0.717, 1.165) is 17.0 Å². The highest BCUT2D eigenvalue weighted by molar-refractivity contribution is 5.24. The Morgan fingerprint density at radius 2 is 2.17 bits per heavy atom. The first-order valence-corrected chi connectivity index (χ1v) is 4.39. The molecule has 1 aromatic rings. The zero-order chi connectivity index (χ0) is 8.72. The molecule has 0 atom stereocenters. The van der Waals surface area contributed by atoms with Gasteiger partial charge in [-0.25, -0.2) is 0 Å². The molecule has 12 heavy (non-hydrogen) atoms. The van der Waals surface area contributed by atoms with Gasteiger partial charge in [0.25, 0.3) is 0 Å². The second kappa shape index (κ2) is 2.59. The SMILES string of the molecule is Cc1nn(C2CC2)c(C)c1CO. The van der Waals surface area contributed by atoms with Gasteiger partial charge in [-0.05, 0) is 26.7 Å². The van der Waals surface area contributed by atoms with Crippen molar-refractivity contribution in [3.05, 3.63) is 17.0 Å². The van der Waals surface area contributed by atoms with E-state index in [-0.39, 0.29) is 6.61 Å². The molecule has 0 aliphatic heterocycles. The fourth-order valence-corrected chi connectivity index (χ4v) is 1.60. The summed E-state index contributed by atoms with van der Waals surface area (Å²) >= 11 is 0. The van der Waals surface area contributed by atoms with Crippen LogP contribution >= 0.6 is 0 Å². The third-order valence-corrected chi connectivity index (χ3v) is 2.53. The Kier molecular flexibility index (Phi) is 1.68. The maximum absolute atomic E-state index is 9.06. The van der Waals surface area contributed by atoms with Crippen molar-refractivity contribution < 1.29 is 5.11 Å². The standard InChI is InChI=1S/C9H14N2O/c1-6-9(5-12)7(2)11(10-6)8-3-4-8/h8,12H,3-5H2,1-2H3. The van der Waals surface area contributed by atoms with E-state index < -0.39 is 0 Å². The van der Waals surface area contributed by atoms with Crippen molar-refractivity contribution >= 4 is 0 Å². The molecule has 0 unspecified atom stereocenters. The molecule has 66 valence electrons. The van der Waals surface area contributed by atoms with E-state index in [4.69, 9.17) is 5.11 Å². The third kappa shape index (κ3) is 1.05. The highest BCUT2D eigenvalue weighted by atomic mass is 16.3. The Hall–Kier alpha value is -0.830. The van der Waals surface area contributed by atoms with Gasteiger partial charge in [0, 0.05) is 11.3 Å². The number of aliphatic hydroxyl groups excluding tert-OH is 1. The lowest BCUT2D eigenvalue weighted by Gasteiger charge is -2.00. The molecular weight excluding hydrogens is 152 g/mol. The Bertz CT molecular complexity index is 300. The number of aliphatic hydroxyl groups is 1. The number of aromatic nitrogens is 2. The molecule has 3 heteroatoms. The monoisotopic (exact) mass is 166 g/mol. The lowest BCUT2D eigenvalue weighted by atomic mass is 10.2. The Morgan fingerprint density at radius 1 is 1.50 bits per heavy atom. The van der Waals surface area contributed by atoms with Crippen molar-refractivity contribution in [3.8, 4) is 0 Å². The molecule has 3 nitrogen and oxygen atoms in total. The van der Waals surface area contributed by atoms with E-state index in [2.05, 4.69) is 9.78 Å². The molecular formula is C9H14N2O. The second-order valence-electron chi connectivity index (χ2n) is 3.48. The van der Waals surface area contributed by atoms with Gasteiger partial charge in [-0.2, -0.15) is 5.10 Å². The molecule has 1 aromatic heterocycles. The molecule has 0 amide bonds. The summed E-state index contributed by atoms with van der Waals surface area (Å²) in [5, 5.41) is 13.5. The number of hydrogen-bond donors (Lipinski definition) is 1. The smallest absolute Gasteiger partial charge is 0.0718 e. The van der Waals surface area contributed by atoms with Crippen molar-refractivity contribution in [1.29, 1.82) is 0 Å². The van der Waals surface area contributed by atoms with Crippen molar-refractivity contribution in [2.45, 2.75) is 39.3 Å². The van der Waals surface area contributed by atoms with E-state index in [1.807, 2.05) is 13.8 Å². The van der Waals surface area contributed by atoms with Crippen LogP contribution in [-0.4, -0.2) is 14.9 Å². The third-order valence-electron chi connectivity index (χ3n) is 2.53. The normalized spacial score (nSPS) is 16.9. The zero-order valence-corrected chi connectivity index (χ0v) is 7.54. The fourth-order valence-electron chi connectivity index (χ4n) is 1.60. The minimum Gasteiger partial charge on any atom is -0.392 e. The topological polar surface area (TPSA) is 38.0 Å². The summed E-state index contributed by atoms with van der Waals surface area (Å²) in [6.45, 7) is 4.10. The lowest BCUT2D eigenvalue weighted by molar-refractivity contribution is 0.280. The predicted molar refractivity (Wildman–Crippen MR) is 45.9 cm³/mol. The molecule has 0 saturated heterocycles. The van der Waals surface area contributed by atoms with Crippen LogP contribution in [-0.2, 0) is 6.61 Å². The quantitative estimate of drug-likeness (QED) is 0.719. The van der Waals surface area contributed by atoms with Crippen molar-refractivity contribution in [2.75, 3.05) is 0 Å². The summed E-state index contributed by atoms with van der Waals surface area (Å²) < 4.78 is 2.06. The van der Waals surface area contributed by atoms with Crippen LogP contribution in [0.25, 0.3) is 0 Å². The first kappa shape index (κ1) is 7.80. The average Bonchev–Trinajstić information content (AvgIpc) is 2.80. The van der Waals surface area contributed by atoms with Crippen LogP contribution in [0.15, 0.2) is 0 Å². The highest BCUT2D eigenvalue weighted by Crippen LogP contribution is 2.36. The van der Waals surface area contributed by atoms with E-state index in [1.54, 1.807) is 0 Å². The summed E-state index contributed by atoms with van der Waals surface area (Å²) in [6, 6.07) is 0.615. The van der Waals surface area contributed by atoms with Gasteiger partial charge < -0.3 is 5.11 Å². The highest BCUT2D eigenvalue weighted by Gasteiger charge is 2.27. The summed E-state index contributed by atoms with van der Waals surface area (Å²) in [6.07, 6.45) is 2.49. The number of nitrogens with zero attached hydrogens (tertiary/aromatic N) is 2. The van der Waals surface area contributed by atoms with Crippen LogP contribution in [0.4, 0.5) is 0 Å². The average molecular weight is 166 g/mol. The number of hydrogen-bond acceptors (Lipinski definition) is 2. The second-order valence-corrected chi connectivity index (χ2v) is 3.48. The Morgan fingerprint density at radius 3 is 2.58 bits per heavy atom. The van der Waals surface area contributed by atoms with Crippen molar-refractivity contribution in [3.63, 3.8) is 0 Å². The molecule has 1 aliphatic rings. The van der Waals surface area contributed by atoms with Crippen molar-refractivity contribution in [1.82, 2.24) is 9.78 Å². The van der Waals surface area contributed by atoms with Crippen LogP contribution < -0.4 is 0 Å². The first-order valence-electron chi connectivity index (χ1n) is 4.39. The zero-order valence-electron chi connectivity index (χ0n) is 7.54. The fraction of sp³-hybridized carbons (Fsp3) is 0.667. The minimum absolute atomic E-state index is 0.115. The van der Waals surface area contributed by atoms with Gasteiger partial charge in [-0.15, -0.1) is 0 Å². The van der Waals surface area contributed by atoms with Gasteiger partial charge in [0.1, 0.15) is 0 Å². The molecule has 0 bridgehead atoms. The molecule has 0 radical (unpaired) electrons. The predicted octanol–water partition coefficient (Wildman–Crippen LogP) is 1.33. The van der Waals surface area contributed by atoms with Gasteiger partial charge in [0.2, 0.25) is 0 Å². The Labute approximate surface area is 72.0 Å². The summed E-state index contributed by atoms with van der Waals surface area (Å²) in [7, 11) is 0. The van der Waals surface area contributed by atoms with Crippen molar-refractivity contribution in [2.24, 2.45) is 0 Å². The van der Waals surface area contributed by atoms with Gasteiger partial charge in [0.05, 0.1) is 18.3 Å². The molecule has 0 spiro atoms. The van der Waals surface area contributed by atoms with Crippen LogP contribution in [0.1, 0.15) is 35.8 Å². The molecule has 1 heterocycles. The van der Waals surface area contributed by atoms with Crippen LogP contribution in [0.5, 0.6) is 0 Å². The molecule has 1 N–H and O–H groups in total. The summed E-state index contributed by atoms with van der Waals surface area (Å²) in [4.78, 5) is 0. The maximum atomic E-state index is 9.06. The van der Waals surface area contributed by atoms with E-state index in [0.29, 0.717) is 6.04 Å². The van der Waals surface area contributed by atoms with E-state index >= 15 is 0 Å². The van der Waals surface area contributed by atoms with Gasteiger partial charge >= 0.3 is 0 Å². The molecule has 1 aliphatic carbocycles. The van der Waals surface area contributed by atoms with E-state index in [9.17, 15) is 0 Å².